The first-order valence-electron chi connectivity index (χ1n) is 3.46. The van der Waals surface area contributed by atoms with Gasteiger partial charge in [-0.1, -0.05) is 19.8 Å². The molecule has 0 amide bonds. The van der Waals surface area contributed by atoms with Gasteiger partial charge in [0.05, 0.1) is 5.97 Å². The summed E-state index contributed by atoms with van der Waals surface area (Å²) >= 11 is 1.36. The van der Waals surface area contributed by atoms with E-state index >= 15 is 0 Å². The lowest BCUT2D eigenvalue weighted by molar-refractivity contribution is -0.304. The zero-order valence-corrected chi connectivity index (χ0v) is 7.24. The highest BCUT2D eigenvalue weighted by Gasteiger charge is 2.05. The van der Waals surface area contributed by atoms with Crippen molar-refractivity contribution < 1.29 is 9.90 Å². The van der Waals surface area contributed by atoms with Crippen LogP contribution in [0, 0.1) is 0 Å². The average Bonchev–Trinajstić information content (AvgIpc) is 1.89. The summed E-state index contributed by atoms with van der Waals surface area (Å²) < 4.78 is 0. The molecule has 0 aromatic carbocycles. The molecule has 0 fully saturated rings. The van der Waals surface area contributed by atoms with E-state index in [1.807, 2.05) is 6.92 Å². The van der Waals surface area contributed by atoms with Gasteiger partial charge in [-0.25, -0.2) is 0 Å². The maximum absolute atomic E-state index is 10.3. The van der Waals surface area contributed by atoms with Crippen molar-refractivity contribution in [3.8, 4) is 0 Å². The molecular formula is C7H13O2S-. The van der Waals surface area contributed by atoms with Crippen LogP contribution in [0.5, 0.6) is 0 Å². The second-order valence-electron chi connectivity index (χ2n) is 2.19. The number of hydrogen-bond donors (Lipinski definition) is 0. The molecule has 0 saturated heterocycles. The Bertz CT molecular complexity index is 104. The molecule has 0 N–H and O–H groups in total. The minimum absolute atomic E-state index is 0.306. The van der Waals surface area contributed by atoms with Crippen LogP contribution in [0.2, 0.25) is 0 Å². The zero-order valence-electron chi connectivity index (χ0n) is 6.42. The fraction of sp³-hybridized carbons (Fsp3) is 0.857. The first kappa shape index (κ1) is 9.82. The van der Waals surface area contributed by atoms with Gasteiger partial charge in [-0.2, -0.15) is 11.8 Å². The Hall–Kier alpha value is -0.180. The molecule has 0 aromatic rings. The molecule has 0 aliphatic heterocycles. The maximum Gasteiger partial charge on any atom is 0.0544 e. The van der Waals surface area contributed by atoms with Gasteiger partial charge in [0, 0.05) is 5.25 Å². The summed E-state index contributed by atoms with van der Waals surface area (Å²) in [7, 11) is 0. The smallest absolute Gasteiger partial charge is 0.0544 e. The van der Waals surface area contributed by atoms with Crippen LogP contribution in [0.1, 0.15) is 26.2 Å². The number of carboxylic acid groups (broad SMARTS) is 1. The maximum atomic E-state index is 10.3. The Kier molecular flexibility index (Phi) is 5.49. The predicted molar refractivity (Wildman–Crippen MR) is 41.8 cm³/mol. The molecular weight excluding hydrogens is 148 g/mol. The average molecular weight is 161 g/mol. The monoisotopic (exact) mass is 161 g/mol. The summed E-state index contributed by atoms with van der Waals surface area (Å²) in [5, 5.41) is 10.00. The Balaban J connectivity index is 3.50. The van der Waals surface area contributed by atoms with E-state index in [0.29, 0.717) is 0 Å². The fourth-order valence-electron chi connectivity index (χ4n) is 0.721. The highest BCUT2D eigenvalue weighted by atomic mass is 32.2. The van der Waals surface area contributed by atoms with Crippen molar-refractivity contribution in [3.05, 3.63) is 0 Å². The highest BCUT2D eigenvalue weighted by molar-refractivity contribution is 7.99. The molecule has 60 valence electrons. The van der Waals surface area contributed by atoms with Crippen molar-refractivity contribution >= 4 is 17.7 Å². The van der Waals surface area contributed by atoms with Crippen molar-refractivity contribution in [2.75, 3.05) is 6.26 Å². The van der Waals surface area contributed by atoms with Gasteiger partial charge in [-0.05, 0) is 12.7 Å². The molecule has 10 heavy (non-hydrogen) atoms. The van der Waals surface area contributed by atoms with E-state index < -0.39 is 5.97 Å². The van der Waals surface area contributed by atoms with Crippen LogP contribution in [0.15, 0.2) is 0 Å². The van der Waals surface area contributed by atoms with E-state index in [2.05, 4.69) is 0 Å². The minimum Gasteiger partial charge on any atom is -0.549 e. The fourth-order valence-corrected chi connectivity index (χ4v) is 1.32. The van der Waals surface area contributed by atoms with Crippen LogP contribution in [-0.4, -0.2) is 17.5 Å². The molecule has 0 radical (unpaired) electrons. The van der Waals surface area contributed by atoms with Crippen LogP contribution in [0.4, 0.5) is 0 Å². The lowest BCUT2D eigenvalue weighted by Crippen LogP contribution is -2.33. The number of rotatable bonds is 5. The van der Waals surface area contributed by atoms with E-state index in [1.165, 1.54) is 11.8 Å². The molecule has 0 heterocycles. The van der Waals surface area contributed by atoms with Crippen LogP contribution < -0.4 is 5.11 Å². The second kappa shape index (κ2) is 5.59. The molecule has 0 saturated carbocycles. The largest absolute Gasteiger partial charge is 0.549 e. The Morgan fingerprint density at radius 1 is 1.70 bits per heavy atom. The summed E-state index contributed by atoms with van der Waals surface area (Å²) in [5.41, 5.74) is 0. The van der Waals surface area contributed by atoms with Gasteiger partial charge in [-0.3, -0.25) is 0 Å². The standard InChI is InChI=1S/C7H14O2S/c1-3-4-5-6(10-2)7(8)9/h6H,3-5H2,1-2H3,(H,8,9)/p-1. The van der Waals surface area contributed by atoms with Gasteiger partial charge in [-0.15, -0.1) is 0 Å². The number of thioether (sulfide) groups is 1. The van der Waals surface area contributed by atoms with E-state index in [4.69, 9.17) is 0 Å². The highest BCUT2D eigenvalue weighted by Crippen LogP contribution is 2.12. The van der Waals surface area contributed by atoms with E-state index in [-0.39, 0.29) is 5.25 Å². The molecule has 0 bridgehead atoms. The molecule has 0 spiro atoms. The number of carboxylic acids is 1. The number of hydrogen-bond acceptors (Lipinski definition) is 3. The van der Waals surface area contributed by atoms with E-state index in [0.717, 1.165) is 19.3 Å². The molecule has 1 unspecified atom stereocenters. The van der Waals surface area contributed by atoms with Crippen LogP contribution >= 0.6 is 11.8 Å². The lowest BCUT2D eigenvalue weighted by atomic mass is 10.2. The summed E-state index contributed by atoms with van der Waals surface area (Å²) in [5.74, 6) is -0.930. The number of carbonyl (C=O) groups is 1. The van der Waals surface area contributed by atoms with Gasteiger partial charge in [0.25, 0.3) is 0 Å². The summed E-state index contributed by atoms with van der Waals surface area (Å²) in [6.07, 6.45) is 4.56. The Morgan fingerprint density at radius 2 is 2.30 bits per heavy atom. The van der Waals surface area contributed by atoms with Crippen molar-refractivity contribution in [2.45, 2.75) is 31.4 Å². The van der Waals surface area contributed by atoms with Crippen molar-refractivity contribution in [1.29, 1.82) is 0 Å². The summed E-state index contributed by atoms with van der Waals surface area (Å²) in [6.45, 7) is 2.05. The van der Waals surface area contributed by atoms with Crippen molar-refractivity contribution in [3.63, 3.8) is 0 Å². The molecule has 0 aromatic heterocycles. The van der Waals surface area contributed by atoms with Crippen molar-refractivity contribution in [2.24, 2.45) is 0 Å². The third-order valence-corrected chi connectivity index (χ3v) is 2.36. The van der Waals surface area contributed by atoms with Gasteiger partial charge in [0.15, 0.2) is 0 Å². The first-order chi connectivity index (χ1) is 4.72. The number of unbranched alkanes of at least 4 members (excludes halogenated alkanes) is 1. The zero-order chi connectivity index (χ0) is 7.98. The molecule has 1 atom stereocenters. The molecule has 0 rings (SSSR count). The first-order valence-corrected chi connectivity index (χ1v) is 4.74. The third kappa shape index (κ3) is 3.77. The van der Waals surface area contributed by atoms with Gasteiger partial charge < -0.3 is 9.90 Å². The van der Waals surface area contributed by atoms with Gasteiger partial charge in [0.2, 0.25) is 0 Å². The lowest BCUT2D eigenvalue weighted by Gasteiger charge is -2.13. The second-order valence-corrected chi connectivity index (χ2v) is 3.23. The van der Waals surface area contributed by atoms with E-state index in [9.17, 15) is 9.90 Å². The van der Waals surface area contributed by atoms with Crippen LogP contribution in [-0.2, 0) is 4.79 Å². The summed E-state index contributed by atoms with van der Waals surface area (Å²) in [6, 6.07) is 0. The molecule has 2 nitrogen and oxygen atoms in total. The third-order valence-electron chi connectivity index (χ3n) is 1.37. The van der Waals surface area contributed by atoms with Gasteiger partial charge in [0.1, 0.15) is 0 Å². The number of aliphatic carboxylic acids is 1. The van der Waals surface area contributed by atoms with Crippen molar-refractivity contribution in [1.82, 2.24) is 0 Å². The quantitative estimate of drug-likeness (QED) is 0.594. The van der Waals surface area contributed by atoms with Crippen LogP contribution in [0.3, 0.4) is 0 Å². The topological polar surface area (TPSA) is 40.1 Å². The summed E-state index contributed by atoms with van der Waals surface area (Å²) in [4.78, 5) is 10.3. The minimum atomic E-state index is -0.930. The molecule has 0 aliphatic rings. The van der Waals surface area contributed by atoms with Gasteiger partial charge >= 0.3 is 0 Å². The van der Waals surface area contributed by atoms with Crippen LogP contribution in [0.25, 0.3) is 0 Å². The number of carbonyl (C=O) groups excluding carboxylic acids is 1. The Labute approximate surface area is 66.0 Å². The molecule has 3 heteroatoms. The molecule has 0 aliphatic carbocycles. The van der Waals surface area contributed by atoms with E-state index in [1.54, 1.807) is 6.26 Å². The normalized spacial score (nSPS) is 13.0. The predicted octanol–water partition coefficient (Wildman–Crippen LogP) is 0.658. The SMILES string of the molecule is CCCCC(SC)C(=O)[O-]. The Morgan fingerprint density at radius 3 is 2.60 bits per heavy atom.